The maximum absolute atomic E-state index is 12.5. The summed E-state index contributed by atoms with van der Waals surface area (Å²) in [6.45, 7) is -0.931. The summed E-state index contributed by atoms with van der Waals surface area (Å²) in [6.07, 6.45) is 0. The van der Waals surface area contributed by atoms with Crippen molar-refractivity contribution in [3.8, 4) is 5.75 Å². The molecule has 2 aromatic carbocycles. The van der Waals surface area contributed by atoms with Crippen molar-refractivity contribution in [1.82, 2.24) is 4.73 Å². The van der Waals surface area contributed by atoms with Crippen molar-refractivity contribution in [1.29, 1.82) is 0 Å². The van der Waals surface area contributed by atoms with Gasteiger partial charge in [0.25, 0.3) is 11.2 Å². The summed E-state index contributed by atoms with van der Waals surface area (Å²) in [5.41, 5.74) is 0.151. The monoisotopic (exact) mass is 342 g/mol. The first-order chi connectivity index (χ1) is 12.0. The van der Waals surface area contributed by atoms with E-state index in [1.165, 1.54) is 36.4 Å². The van der Waals surface area contributed by atoms with Crippen LogP contribution in [0.4, 0.5) is 0 Å². The van der Waals surface area contributed by atoms with E-state index in [0.29, 0.717) is 9.16 Å². The molecule has 25 heavy (non-hydrogen) atoms. The number of carbonyl (C=O) groups is 1. The first-order valence-corrected chi connectivity index (χ1v) is 7.35. The minimum absolute atomic E-state index is 0.0345. The van der Waals surface area contributed by atoms with Gasteiger partial charge in [0.05, 0.1) is 9.99 Å². The zero-order valence-electron chi connectivity index (χ0n) is 13.0. The van der Waals surface area contributed by atoms with Gasteiger partial charge in [-0.2, -0.15) is 0 Å². The van der Waals surface area contributed by atoms with E-state index in [-0.39, 0.29) is 40.3 Å². The Bertz CT molecular complexity index is 1010. The molecule has 0 aliphatic heterocycles. The van der Waals surface area contributed by atoms with Crippen LogP contribution in [0.5, 0.6) is 5.75 Å². The van der Waals surface area contributed by atoms with E-state index in [1.54, 1.807) is 12.1 Å². The number of aromatic nitrogens is 2. The maximum atomic E-state index is 12.5. The standard InChI is InChI=1S/C17H14N2O6/c20-9-15-16(10-25-12-5-3-4-11(8-12)17(21)22)19(24)14-7-2-1-6-13(14)18(15)23/h1-8,20H,9-10H2,(H,21,22). The van der Waals surface area contributed by atoms with E-state index in [0.717, 1.165) is 0 Å². The smallest absolute Gasteiger partial charge is 0.335 e. The van der Waals surface area contributed by atoms with Crippen molar-refractivity contribution in [2.75, 3.05) is 0 Å². The quantitative estimate of drug-likeness (QED) is 0.681. The van der Waals surface area contributed by atoms with Gasteiger partial charge in [-0.3, -0.25) is 0 Å². The third-order valence-electron chi connectivity index (χ3n) is 3.75. The van der Waals surface area contributed by atoms with Gasteiger partial charge in [0.2, 0.25) is 0 Å². The summed E-state index contributed by atoms with van der Waals surface area (Å²) in [5.74, 6) is -0.877. The third kappa shape index (κ3) is 3.02. The van der Waals surface area contributed by atoms with Gasteiger partial charge in [-0.1, -0.05) is 18.2 Å². The molecule has 1 aromatic heterocycles. The number of aliphatic hydroxyl groups excluding tert-OH is 1. The Morgan fingerprint density at radius 2 is 1.96 bits per heavy atom. The number of carboxylic acids is 1. The van der Waals surface area contributed by atoms with Crippen molar-refractivity contribution >= 4 is 17.0 Å². The molecule has 2 N–H and O–H groups in total. The normalized spacial score (nSPS) is 10.8. The lowest BCUT2D eigenvalue weighted by Crippen LogP contribution is -2.28. The van der Waals surface area contributed by atoms with Gasteiger partial charge in [0.15, 0.2) is 0 Å². The number of hydrogen-bond acceptors (Lipinski definition) is 5. The number of hydrogen-bond donors (Lipinski definition) is 2. The topological polar surface area (TPSA) is 118 Å². The minimum atomic E-state index is -1.11. The average Bonchev–Trinajstić information content (AvgIpc) is 2.63. The third-order valence-corrected chi connectivity index (χ3v) is 3.75. The SMILES string of the molecule is O=C(O)c1cccc(OCc2c(CO)[n+](=O)c3ccccc3n2[O-])c1. The highest BCUT2D eigenvalue weighted by Gasteiger charge is 2.21. The van der Waals surface area contributed by atoms with E-state index in [2.05, 4.69) is 0 Å². The number of ether oxygens (including phenoxy) is 1. The number of aromatic carboxylic acids is 1. The highest BCUT2D eigenvalue weighted by atomic mass is 16.5. The van der Waals surface area contributed by atoms with Crippen molar-refractivity contribution in [2.45, 2.75) is 13.2 Å². The van der Waals surface area contributed by atoms with Crippen LogP contribution < -0.4 is 9.16 Å². The Morgan fingerprint density at radius 3 is 2.68 bits per heavy atom. The molecule has 1 heterocycles. The lowest BCUT2D eigenvalue weighted by Gasteiger charge is -2.19. The second kappa shape index (κ2) is 6.62. The molecule has 0 radical (unpaired) electrons. The molecule has 0 saturated heterocycles. The summed E-state index contributed by atoms with van der Waals surface area (Å²) < 4.78 is 6.50. The van der Waals surface area contributed by atoms with E-state index < -0.39 is 12.6 Å². The highest BCUT2D eigenvalue weighted by Crippen LogP contribution is 2.18. The Balaban J connectivity index is 2.01. The molecule has 0 fully saturated rings. The number of carboxylic acid groups (broad SMARTS) is 1. The molecule has 0 aliphatic rings. The summed E-state index contributed by atoms with van der Waals surface area (Å²) in [6, 6.07) is 12.0. The molecule has 0 unspecified atom stereocenters. The number of rotatable bonds is 5. The molecule has 8 nitrogen and oxygen atoms in total. The van der Waals surface area contributed by atoms with E-state index in [9.17, 15) is 20.0 Å². The zero-order chi connectivity index (χ0) is 18.0. The summed E-state index contributed by atoms with van der Waals surface area (Å²) >= 11 is 0. The average molecular weight is 342 g/mol. The van der Waals surface area contributed by atoms with Crippen LogP contribution in [-0.4, -0.2) is 20.9 Å². The fourth-order valence-corrected chi connectivity index (χ4v) is 2.50. The lowest BCUT2D eigenvalue weighted by atomic mass is 10.2. The van der Waals surface area contributed by atoms with Crippen molar-refractivity contribution in [2.24, 2.45) is 0 Å². The number of benzene rings is 2. The molecular formula is C17H14N2O6. The number of aliphatic hydroxyl groups is 1. The van der Waals surface area contributed by atoms with Gasteiger partial charge in [0.1, 0.15) is 30.2 Å². The van der Waals surface area contributed by atoms with Gasteiger partial charge >= 0.3 is 5.97 Å². The lowest BCUT2D eigenvalue weighted by molar-refractivity contribution is -0.479. The zero-order valence-corrected chi connectivity index (χ0v) is 13.0. The molecule has 0 saturated carbocycles. The van der Waals surface area contributed by atoms with Gasteiger partial charge < -0.3 is 24.9 Å². The predicted octanol–water partition coefficient (Wildman–Crippen LogP) is 1.67. The molecule has 128 valence electrons. The van der Waals surface area contributed by atoms with Crippen LogP contribution in [0.15, 0.2) is 48.5 Å². The maximum Gasteiger partial charge on any atom is 0.335 e. The first-order valence-electron chi connectivity index (χ1n) is 7.35. The number of fused-ring (bicyclic) bond motifs is 1. The van der Waals surface area contributed by atoms with Crippen molar-refractivity contribution < 1.29 is 24.2 Å². The van der Waals surface area contributed by atoms with Gasteiger partial charge in [-0.25, -0.2) is 4.79 Å². The van der Waals surface area contributed by atoms with Crippen molar-refractivity contribution in [3.05, 3.63) is 75.6 Å². The van der Waals surface area contributed by atoms with Crippen LogP contribution in [-0.2, 0) is 13.2 Å². The molecule has 3 aromatic rings. The number of para-hydroxylation sites is 2. The molecule has 8 heteroatoms. The number of nitrogens with zero attached hydrogens (tertiary/aromatic N) is 2. The fraction of sp³-hybridized carbons (Fsp3) is 0.118. The van der Waals surface area contributed by atoms with Crippen LogP contribution in [0.25, 0.3) is 11.0 Å². The highest BCUT2D eigenvalue weighted by molar-refractivity contribution is 5.88. The summed E-state index contributed by atoms with van der Waals surface area (Å²) in [5, 5.41) is 31.0. The Hall–Kier alpha value is -3.39. The molecule has 0 atom stereocenters. The minimum Gasteiger partial charge on any atom is -0.805 e. The van der Waals surface area contributed by atoms with Gasteiger partial charge in [-0.15, -0.1) is 0 Å². The second-order valence-electron chi connectivity index (χ2n) is 5.25. The van der Waals surface area contributed by atoms with E-state index in [1.807, 2.05) is 0 Å². The van der Waals surface area contributed by atoms with Gasteiger partial charge in [0, 0.05) is 11.0 Å². The Labute approximate surface area is 141 Å². The Kier molecular flexibility index (Phi) is 4.36. The molecule has 0 spiro atoms. The second-order valence-corrected chi connectivity index (χ2v) is 5.25. The largest absolute Gasteiger partial charge is 0.805 e. The van der Waals surface area contributed by atoms with Gasteiger partial charge in [-0.05, 0) is 24.3 Å². The van der Waals surface area contributed by atoms with Crippen molar-refractivity contribution in [3.63, 3.8) is 0 Å². The molecule has 3 rings (SSSR count). The van der Waals surface area contributed by atoms with Crippen LogP contribution >= 0.6 is 0 Å². The molecule has 0 aliphatic carbocycles. The molecule has 0 amide bonds. The first kappa shape index (κ1) is 16.5. The predicted molar refractivity (Wildman–Crippen MR) is 87.7 cm³/mol. The van der Waals surface area contributed by atoms with Crippen LogP contribution in [0.2, 0.25) is 0 Å². The summed E-state index contributed by atoms with van der Waals surface area (Å²) in [7, 11) is 0. The molecular weight excluding hydrogens is 328 g/mol. The van der Waals surface area contributed by atoms with E-state index in [4.69, 9.17) is 9.84 Å². The van der Waals surface area contributed by atoms with Crippen LogP contribution in [0.1, 0.15) is 21.7 Å². The summed E-state index contributed by atoms with van der Waals surface area (Å²) in [4.78, 5) is 23.3. The Morgan fingerprint density at radius 1 is 1.20 bits per heavy atom. The van der Waals surface area contributed by atoms with E-state index >= 15 is 0 Å². The van der Waals surface area contributed by atoms with Crippen LogP contribution in [0.3, 0.4) is 0 Å². The van der Waals surface area contributed by atoms with Crippen LogP contribution in [0, 0.1) is 10.1 Å². The molecule has 0 bridgehead atoms. The fourth-order valence-electron chi connectivity index (χ4n) is 2.50.